The number of benzene rings is 1. The highest BCUT2D eigenvalue weighted by Crippen LogP contribution is 2.22. The van der Waals surface area contributed by atoms with E-state index in [9.17, 15) is 13.2 Å². The van der Waals surface area contributed by atoms with Crippen LogP contribution in [-0.2, 0) is 14.8 Å². The fourth-order valence-corrected chi connectivity index (χ4v) is 5.62. The molecule has 2 aliphatic rings. The van der Waals surface area contributed by atoms with Crippen molar-refractivity contribution in [2.24, 2.45) is 0 Å². The van der Waals surface area contributed by atoms with Crippen molar-refractivity contribution >= 4 is 15.9 Å². The number of carbonyl (C=O) groups excluding carboxylic acids is 1. The minimum absolute atomic E-state index is 0.126. The minimum atomic E-state index is -3.51. The second kappa shape index (κ2) is 8.71. The summed E-state index contributed by atoms with van der Waals surface area (Å²) in [6.07, 6.45) is 4.82. The second-order valence-electron chi connectivity index (χ2n) is 7.74. The standard InChI is InChI=1S/C20H31N3O3S/c1-17-7-8-18(2)19(15-17)27(25,26)23-13-11-22(12-14-23)20(24)16-21-9-5-3-4-6-10-21/h7-8,15H,3-6,9-14,16H2,1-2H3. The van der Waals surface area contributed by atoms with Crippen molar-refractivity contribution in [3.05, 3.63) is 29.3 Å². The van der Waals surface area contributed by atoms with Gasteiger partial charge >= 0.3 is 0 Å². The zero-order valence-electron chi connectivity index (χ0n) is 16.5. The van der Waals surface area contributed by atoms with E-state index in [2.05, 4.69) is 4.90 Å². The van der Waals surface area contributed by atoms with Gasteiger partial charge in [-0.2, -0.15) is 4.31 Å². The number of rotatable bonds is 4. The maximum atomic E-state index is 13.0. The van der Waals surface area contributed by atoms with E-state index in [0.717, 1.165) is 37.1 Å². The van der Waals surface area contributed by atoms with Gasteiger partial charge < -0.3 is 4.90 Å². The molecule has 0 N–H and O–H groups in total. The van der Waals surface area contributed by atoms with E-state index in [-0.39, 0.29) is 5.91 Å². The molecule has 3 rings (SSSR count). The predicted octanol–water partition coefficient (Wildman–Crippen LogP) is 2.01. The summed E-state index contributed by atoms with van der Waals surface area (Å²) in [7, 11) is -3.51. The quantitative estimate of drug-likeness (QED) is 0.785. The van der Waals surface area contributed by atoms with E-state index in [0.29, 0.717) is 37.6 Å². The molecule has 0 atom stereocenters. The van der Waals surface area contributed by atoms with Crippen molar-refractivity contribution in [3.63, 3.8) is 0 Å². The number of hydrogen-bond acceptors (Lipinski definition) is 4. The number of hydrogen-bond donors (Lipinski definition) is 0. The van der Waals surface area contributed by atoms with Gasteiger partial charge in [-0.25, -0.2) is 8.42 Å². The third-order valence-corrected chi connectivity index (χ3v) is 7.65. The van der Waals surface area contributed by atoms with Crippen LogP contribution in [0.4, 0.5) is 0 Å². The highest BCUT2D eigenvalue weighted by atomic mass is 32.2. The van der Waals surface area contributed by atoms with Crippen LogP contribution in [0.1, 0.15) is 36.8 Å². The molecule has 0 aromatic heterocycles. The van der Waals surface area contributed by atoms with Gasteiger partial charge in [-0.15, -0.1) is 0 Å². The molecule has 2 aliphatic heterocycles. The first-order valence-corrected chi connectivity index (χ1v) is 11.4. The lowest BCUT2D eigenvalue weighted by molar-refractivity contribution is -0.133. The van der Waals surface area contributed by atoms with Crippen LogP contribution in [0, 0.1) is 13.8 Å². The maximum absolute atomic E-state index is 13.0. The second-order valence-corrected chi connectivity index (χ2v) is 9.65. The lowest BCUT2D eigenvalue weighted by Crippen LogP contribution is -2.52. The third-order valence-electron chi connectivity index (χ3n) is 5.61. The summed E-state index contributed by atoms with van der Waals surface area (Å²) in [5.41, 5.74) is 1.70. The van der Waals surface area contributed by atoms with Crippen LogP contribution in [0.2, 0.25) is 0 Å². The Morgan fingerprint density at radius 2 is 1.56 bits per heavy atom. The fraction of sp³-hybridized carbons (Fsp3) is 0.650. The van der Waals surface area contributed by atoms with E-state index >= 15 is 0 Å². The average Bonchev–Trinajstić information content (AvgIpc) is 2.92. The van der Waals surface area contributed by atoms with Gasteiger partial charge in [0.15, 0.2) is 0 Å². The number of amides is 1. The van der Waals surface area contributed by atoms with Crippen LogP contribution in [-0.4, -0.2) is 74.2 Å². The largest absolute Gasteiger partial charge is 0.339 e. The SMILES string of the molecule is Cc1ccc(C)c(S(=O)(=O)N2CCN(C(=O)CN3CCCCCC3)CC2)c1. The summed E-state index contributed by atoms with van der Waals surface area (Å²) in [6.45, 7) is 7.84. The summed E-state index contributed by atoms with van der Waals surface area (Å²) in [5.74, 6) is 0.126. The Hall–Kier alpha value is -1.44. The highest BCUT2D eigenvalue weighted by molar-refractivity contribution is 7.89. The number of piperazine rings is 1. The topological polar surface area (TPSA) is 60.9 Å². The van der Waals surface area contributed by atoms with Crippen LogP contribution >= 0.6 is 0 Å². The first kappa shape index (κ1) is 20.3. The molecular formula is C20H31N3O3S. The molecule has 0 aliphatic carbocycles. The monoisotopic (exact) mass is 393 g/mol. The Kier molecular flexibility index (Phi) is 6.55. The van der Waals surface area contributed by atoms with Gasteiger partial charge in [0.1, 0.15) is 0 Å². The van der Waals surface area contributed by atoms with Crippen LogP contribution in [0.5, 0.6) is 0 Å². The molecule has 1 aromatic rings. The summed E-state index contributed by atoms with van der Waals surface area (Å²) in [4.78, 5) is 17.1. The normalized spacial score (nSPS) is 20.4. The molecule has 0 radical (unpaired) electrons. The molecule has 6 nitrogen and oxygen atoms in total. The van der Waals surface area contributed by atoms with Crippen molar-refractivity contribution in [3.8, 4) is 0 Å². The van der Waals surface area contributed by atoms with Crippen molar-refractivity contribution in [1.29, 1.82) is 0 Å². The van der Waals surface area contributed by atoms with Gasteiger partial charge in [0.25, 0.3) is 0 Å². The van der Waals surface area contributed by atoms with Crippen LogP contribution in [0.3, 0.4) is 0 Å². The number of carbonyl (C=O) groups is 1. The number of nitrogens with zero attached hydrogens (tertiary/aromatic N) is 3. The summed E-state index contributed by atoms with van der Waals surface area (Å²) in [6, 6.07) is 5.51. The first-order chi connectivity index (χ1) is 12.9. The van der Waals surface area contributed by atoms with Crippen LogP contribution < -0.4 is 0 Å². The molecule has 2 saturated heterocycles. The molecule has 1 aromatic carbocycles. The molecule has 2 fully saturated rings. The summed E-state index contributed by atoms with van der Waals surface area (Å²) < 4.78 is 27.5. The molecule has 0 unspecified atom stereocenters. The Labute approximate surface area is 163 Å². The molecule has 27 heavy (non-hydrogen) atoms. The maximum Gasteiger partial charge on any atom is 0.243 e. The van der Waals surface area contributed by atoms with Crippen molar-refractivity contribution in [2.45, 2.75) is 44.4 Å². The predicted molar refractivity (Wildman–Crippen MR) is 106 cm³/mol. The highest BCUT2D eigenvalue weighted by Gasteiger charge is 2.31. The Morgan fingerprint density at radius 1 is 0.926 bits per heavy atom. The fourth-order valence-electron chi connectivity index (χ4n) is 3.89. The molecule has 0 spiro atoms. The Bertz CT molecular complexity index is 763. The lowest BCUT2D eigenvalue weighted by atomic mass is 10.2. The molecule has 0 saturated carbocycles. The van der Waals surface area contributed by atoms with E-state index in [4.69, 9.17) is 0 Å². The van der Waals surface area contributed by atoms with E-state index in [1.165, 1.54) is 17.1 Å². The van der Waals surface area contributed by atoms with Gasteiger partial charge in [0.05, 0.1) is 11.4 Å². The van der Waals surface area contributed by atoms with Crippen LogP contribution in [0.15, 0.2) is 23.1 Å². The average molecular weight is 394 g/mol. The third kappa shape index (κ3) is 4.89. The molecule has 150 valence electrons. The Morgan fingerprint density at radius 3 is 2.19 bits per heavy atom. The molecular weight excluding hydrogens is 362 g/mol. The smallest absolute Gasteiger partial charge is 0.243 e. The van der Waals surface area contributed by atoms with Gasteiger partial charge in [-0.05, 0) is 57.0 Å². The molecule has 7 heteroatoms. The molecule has 1 amide bonds. The molecule has 0 bridgehead atoms. The summed E-state index contributed by atoms with van der Waals surface area (Å²) >= 11 is 0. The van der Waals surface area contributed by atoms with E-state index < -0.39 is 10.0 Å². The molecule has 2 heterocycles. The Balaban J connectivity index is 1.59. The van der Waals surface area contributed by atoms with Gasteiger partial charge in [0.2, 0.25) is 15.9 Å². The van der Waals surface area contributed by atoms with Gasteiger partial charge in [-0.1, -0.05) is 25.0 Å². The van der Waals surface area contributed by atoms with Crippen LogP contribution in [0.25, 0.3) is 0 Å². The number of sulfonamides is 1. The van der Waals surface area contributed by atoms with Crippen molar-refractivity contribution in [2.75, 3.05) is 45.8 Å². The zero-order chi connectivity index (χ0) is 19.4. The van der Waals surface area contributed by atoms with E-state index in [1.54, 1.807) is 6.07 Å². The van der Waals surface area contributed by atoms with Crippen molar-refractivity contribution in [1.82, 2.24) is 14.1 Å². The van der Waals surface area contributed by atoms with Gasteiger partial charge in [0, 0.05) is 26.2 Å². The van der Waals surface area contributed by atoms with Gasteiger partial charge in [-0.3, -0.25) is 9.69 Å². The van der Waals surface area contributed by atoms with Crippen molar-refractivity contribution < 1.29 is 13.2 Å². The minimum Gasteiger partial charge on any atom is -0.339 e. The summed E-state index contributed by atoms with van der Waals surface area (Å²) in [5, 5.41) is 0. The number of likely N-dealkylation sites (tertiary alicyclic amines) is 1. The first-order valence-electron chi connectivity index (χ1n) is 9.95. The zero-order valence-corrected chi connectivity index (χ0v) is 17.3. The lowest BCUT2D eigenvalue weighted by Gasteiger charge is -2.35. The van der Waals surface area contributed by atoms with E-state index in [1.807, 2.05) is 30.9 Å². The number of aryl methyl sites for hydroxylation is 2.